The molecule has 0 aliphatic rings. The van der Waals surface area contributed by atoms with Gasteiger partial charge in [-0.25, -0.2) is 0 Å². The fourth-order valence-electron chi connectivity index (χ4n) is 1.87. The number of aliphatic hydroxyl groups is 1. The van der Waals surface area contributed by atoms with Gasteiger partial charge in [0.15, 0.2) is 0 Å². The number of benzene rings is 1. The van der Waals surface area contributed by atoms with Gasteiger partial charge in [-0.3, -0.25) is 4.79 Å². The molecule has 0 saturated carbocycles. The summed E-state index contributed by atoms with van der Waals surface area (Å²) in [6.07, 6.45) is 1.23. The lowest BCUT2D eigenvalue weighted by Gasteiger charge is -2.10. The second-order valence-corrected chi connectivity index (χ2v) is 4.74. The van der Waals surface area contributed by atoms with Crippen molar-refractivity contribution in [2.75, 3.05) is 20.3 Å². The molecule has 0 radical (unpaired) electrons. The van der Waals surface area contributed by atoms with Gasteiger partial charge in [0, 0.05) is 20.1 Å². The van der Waals surface area contributed by atoms with Gasteiger partial charge in [0.05, 0.1) is 12.7 Å². The van der Waals surface area contributed by atoms with Gasteiger partial charge in [-0.05, 0) is 25.3 Å². The van der Waals surface area contributed by atoms with Crippen LogP contribution in [0.4, 0.5) is 0 Å². The molecule has 1 aromatic rings. The Morgan fingerprint density at radius 1 is 1.47 bits per heavy atom. The largest absolute Gasteiger partial charge is 0.391 e. The van der Waals surface area contributed by atoms with E-state index in [9.17, 15) is 9.90 Å². The lowest BCUT2D eigenvalue weighted by molar-refractivity contribution is -0.121. The number of carbonyl (C=O) groups excluding carboxylic acids is 1. The minimum absolute atomic E-state index is 0.0196. The minimum atomic E-state index is -0.512. The Morgan fingerprint density at radius 3 is 2.95 bits per heavy atom. The number of hydrogen-bond donors (Lipinski definition) is 2. The van der Waals surface area contributed by atoms with E-state index in [1.54, 1.807) is 7.11 Å². The van der Waals surface area contributed by atoms with Crippen LogP contribution in [-0.4, -0.2) is 37.4 Å². The number of methoxy groups -OCH3 is 1. The van der Waals surface area contributed by atoms with Crippen molar-refractivity contribution in [3.8, 4) is 0 Å². The molecule has 0 heterocycles. The summed E-state index contributed by atoms with van der Waals surface area (Å²) in [7, 11) is 1.55. The van der Waals surface area contributed by atoms with Crippen LogP contribution in [0.15, 0.2) is 24.3 Å². The summed E-state index contributed by atoms with van der Waals surface area (Å²) in [4.78, 5) is 11.6. The van der Waals surface area contributed by atoms with Gasteiger partial charge in [0.1, 0.15) is 0 Å². The predicted octanol–water partition coefficient (Wildman–Crippen LogP) is 1.44. The van der Waals surface area contributed by atoms with Crippen LogP contribution in [0.1, 0.15) is 24.0 Å². The molecule has 106 valence electrons. The standard InChI is InChI=1S/C15H23NO3/c1-12-4-3-5-13(10-12)6-7-15(18)16-9-8-14(17)11-19-2/h3-5,10,14,17H,6-9,11H2,1-2H3,(H,16,18). The van der Waals surface area contributed by atoms with Crippen molar-refractivity contribution >= 4 is 5.91 Å². The van der Waals surface area contributed by atoms with E-state index in [4.69, 9.17) is 4.74 Å². The molecule has 0 saturated heterocycles. The molecule has 1 unspecified atom stereocenters. The van der Waals surface area contributed by atoms with Crippen LogP contribution in [0.25, 0.3) is 0 Å². The molecule has 19 heavy (non-hydrogen) atoms. The lowest BCUT2D eigenvalue weighted by atomic mass is 10.1. The summed E-state index contributed by atoms with van der Waals surface area (Å²) in [5, 5.41) is 12.2. The molecule has 1 rings (SSSR count). The number of nitrogens with one attached hydrogen (secondary N) is 1. The zero-order valence-electron chi connectivity index (χ0n) is 11.7. The molecule has 4 nitrogen and oxygen atoms in total. The van der Waals surface area contributed by atoms with Crippen molar-refractivity contribution in [2.24, 2.45) is 0 Å². The Hall–Kier alpha value is -1.39. The summed E-state index contributed by atoms with van der Waals surface area (Å²) in [6, 6.07) is 8.17. The Labute approximate surface area is 114 Å². The molecule has 0 aromatic heterocycles. The monoisotopic (exact) mass is 265 g/mol. The normalized spacial score (nSPS) is 12.2. The second kappa shape index (κ2) is 8.67. The third-order valence-electron chi connectivity index (χ3n) is 2.88. The van der Waals surface area contributed by atoms with Gasteiger partial charge in [0.25, 0.3) is 0 Å². The fraction of sp³-hybridized carbons (Fsp3) is 0.533. The average Bonchev–Trinajstić information content (AvgIpc) is 2.37. The maximum absolute atomic E-state index is 11.6. The van der Waals surface area contributed by atoms with E-state index in [0.29, 0.717) is 26.0 Å². The van der Waals surface area contributed by atoms with Crippen LogP contribution in [0.3, 0.4) is 0 Å². The zero-order valence-corrected chi connectivity index (χ0v) is 11.7. The minimum Gasteiger partial charge on any atom is -0.391 e. The number of amides is 1. The summed E-state index contributed by atoms with van der Waals surface area (Å²) in [6.45, 7) is 2.83. The van der Waals surface area contributed by atoms with E-state index in [1.807, 2.05) is 25.1 Å². The van der Waals surface area contributed by atoms with Crippen LogP contribution < -0.4 is 5.32 Å². The maximum Gasteiger partial charge on any atom is 0.220 e. The van der Waals surface area contributed by atoms with Gasteiger partial charge >= 0.3 is 0 Å². The van der Waals surface area contributed by atoms with Gasteiger partial charge in [-0.2, -0.15) is 0 Å². The van der Waals surface area contributed by atoms with Crippen molar-refractivity contribution < 1.29 is 14.6 Å². The number of ether oxygens (including phenoxy) is 1. The maximum atomic E-state index is 11.6. The molecule has 0 spiro atoms. The molecule has 1 aromatic carbocycles. The number of hydrogen-bond acceptors (Lipinski definition) is 3. The van der Waals surface area contributed by atoms with E-state index in [0.717, 1.165) is 6.42 Å². The first-order chi connectivity index (χ1) is 9.11. The number of aliphatic hydroxyl groups excluding tert-OH is 1. The first kappa shape index (κ1) is 15.7. The molecule has 0 aliphatic heterocycles. The molecular formula is C15H23NO3. The van der Waals surface area contributed by atoms with Crippen molar-refractivity contribution in [1.82, 2.24) is 5.32 Å². The molecule has 1 atom stereocenters. The van der Waals surface area contributed by atoms with Gasteiger partial charge in [-0.1, -0.05) is 29.8 Å². The molecule has 0 aliphatic carbocycles. The first-order valence-electron chi connectivity index (χ1n) is 6.61. The zero-order chi connectivity index (χ0) is 14.1. The fourth-order valence-corrected chi connectivity index (χ4v) is 1.87. The first-order valence-corrected chi connectivity index (χ1v) is 6.61. The van der Waals surface area contributed by atoms with Crippen molar-refractivity contribution in [1.29, 1.82) is 0 Å². The molecule has 4 heteroatoms. The van der Waals surface area contributed by atoms with E-state index < -0.39 is 6.10 Å². The van der Waals surface area contributed by atoms with Crippen LogP contribution in [0.5, 0.6) is 0 Å². The molecule has 2 N–H and O–H groups in total. The van der Waals surface area contributed by atoms with Crippen LogP contribution in [0.2, 0.25) is 0 Å². The van der Waals surface area contributed by atoms with Crippen LogP contribution in [-0.2, 0) is 16.0 Å². The van der Waals surface area contributed by atoms with Crippen LogP contribution in [0, 0.1) is 6.92 Å². The quantitative estimate of drug-likeness (QED) is 0.748. The van der Waals surface area contributed by atoms with E-state index in [-0.39, 0.29) is 5.91 Å². The highest BCUT2D eigenvalue weighted by molar-refractivity contribution is 5.76. The molecule has 0 fully saturated rings. The molecular weight excluding hydrogens is 242 g/mol. The third kappa shape index (κ3) is 6.94. The van der Waals surface area contributed by atoms with Gasteiger partial charge < -0.3 is 15.2 Å². The highest BCUT2D eigenvalue weighted by atomic mass is 16.5. The Bertz CT molecular complexity index is 393. The van der Waals surface area contributed by atoms with Crippen molar-refractivity contribution in [2.45, 2.75) is 32.3 Å². The number of carbonyl (C=O) groups is 1. The average molecular weight is 265 g/mol. The molecule has 0 bridgehead atoms. The SMILES string of the molecule is COCC(O)CCNC(=O)CCc1cccc(C)c1. The summed E-state index contributed by atoms with van der Waals surface area (Å²) in [5.41, 5.74) is 2.38. The highest BCUT2D eigenvalue weighted by Gasteiger charge is 2.05. The van der Waals surface area contributed by atoms with Gasteiger partial charge in [-0.15, -0.1) is 0 Å². The third-order valence-corrected chi connectivity index (χ3v) is 2.88. The van der Waals surface area contributed by atoms with Gasteiger partial charge in [0.2, 0.25) is 5.91 Å². The van der Waals surface area contributed by atoms with Crippen molar-refractivity contribution in [3.05, 3.63) is 35.4 Å². The van der Waals surface area contributed by atoms with E-state index >= 15 is 0 Å². The summed E-state index contributed by atoms with van der Waals surface area (Å²) >= 11 is 0. The Morgan fingerprint density at radius 2 is 2.26 bits per heavy atom. The van der Waals surface area contributed by atoms with E-state index in [2.05, 4.69) is 11.4 Å². The summed E-state index contributed by atoms with van der Waals surface area (Å²) < 4.78 is 4.81. The van der Waals surface area contributed by atoms with E-state index in [1.165, 1.54) is 11.1 Å². The Kier molecular flexibility index (Phi) is 7.15. The smallest absolute Gasteiger partial charge is 0.220 e. The predicted molar refractivity (Wildman–Crippen MR) is 75.0 cm³/mol. The number of aryl methyl sites for hydroxylation is 2. The lowest BCUT2D eigenvalue weighted by Crippen LogP contribution is -2.28. The van der Waals surface area contributed by atoms with Crippen molar-refractivity contribution in [3.63, 3.8) is 0 Å². The summed E-state index contributed by atoms with van der Waals surface area (Å²) in [5.74, 6) is 0.0196. The second-order valence-electron chi connectivity index (χ2n) is 4.74. The molecule has 1 amide bonds. The Balaban J connectivity index is 2.18. The number of rotatable bonds is 8. The topological polar surface area (TPSA) is 58.6 Å². The van der Waals surface area contributed by atoms with Crippen LogP contribution >= 0.6 is 0 Å². The highest BCUT2D eigenvalue weighted by Crippen LogP contribution is 2.06.